The maximum atomic E-state index is 12.3. The average molecular weight is 323 g/mol. The SMILES string of the molecule is CC(=O)Nc1ccc(S(=O)(=O)N=C(C)N2CCCCC2)cc1. The van der Waals surface area contributed by atoms with Crippen LogP contribution >= 0.6 is 0 Å². The molecule has 1 amide bonds. The van der Waals surface area contributed by atoms with Gasteiger partial charge in [-0.15, -0.1) is 4.40 Å². The van der Waals surface area contributed by atoms with Crippen LogP contribution in [0.4, 0.5) is 5.69 Å². The van der Waals surface area contributed by atoms with Crippen molar-refractivity contribution in [1.29, 1.82) is 0 Å². The number of benzene rings is 1. The number of nitrogens with zero attached hydrogens (tertiary/aromatic N) is 2. The molecule has 0 bridgehead atoms. The van der Waals surface area contributed by atoms with Gasteiger partial charge in [0.05, 0.1) is 4.90 Å². The van der Waals surface area contributed by atoms with Crippen molar-refractivity contribution in [3.8, 4) is 0 Å². The molecule has 2 rings (SSSR count). The monoisotopic (exact) mass is 323 g/mol. The number of nitrogens with one attached hydrogen (secondary N) is 1. The van der Waals surface area contributed by atoms with E-state index < -0.39 is 10.0 Å². The fourth-order valence-corrected chi connectivity index (χ4v) is 3.46. The molecule has 1 aromatic carbocycles. The fourth-order valence-electron chi connectivity index (χ4n) is 2.42. The number of hydrogen-bond donors (Lipinski definition) is 1. The lowest BCUT2D eigenvalue weighted by Crippen LogP contribution is -2.34. The summed E-state index contributed by atoms with van der Waals surface area (Å²) in [4.78, 5) is 13.1. The minimum atomic E-state index is -3.72. The van der Waals surface area contributed by atoms with Crippen LogP contribution in [0.2, 0.25) is 0 Å². The van der Waals surface area contributed by atoms with Crippen molar-refractivity contribution in [2.24, 2.45) is 4.40 Å². The highest BCUT2D eigenvalue weighted by molar-refractivity contribution is 7.90. The fraction of sp³-hybridized carbons (Fsp3) is 0.467. The predicted molar refractivity (Wildman–Crippen MR) is 86.5 cm³/mol. The third-order valence-corrected chi connectivity index (χ3v) is 4.91. The van der Waals surface area contributed by atoms with Crippen LogP contribution in [0.5, 0.6) is 0 Å². The highest BCUT2D eigenvalue weighted by Crippen LogP contribution is 2.17. The first-order valence-electron chi connectivity index (χ1n) is 7.33. The third kappa shape index (κ3) is 4.30. The van der Waals surface area contributed by atoms with E-state index in [9.17, 15) is 13.2 Å². The van der Waals surface area contributed by atoms with Gasteiger partial charge < -0.3 is 10.2 Å². The van der Waals surface area contributed by atoms with Crippen molar-refractivity contribution in [1.82, 2.24) is 4.90 Å². The van der Waals surface area contributed by atoms with Crippen LogP contribution in [0.1, 0.15) is 33.1 Å². The summed E-state index contributed by atoms with van der Waals surface area (Å²) >= 11 is 0. The first kappa shape index (κ1) is 16.5. The maximum Gasteiger partial charge on any atom is 0.283 e. The summed E-state index contributed by atoms with van der Waals surface area (Å²) in [7, 11) is -3.72. The van der Waals surface area contributed by atoms with Crippen LogP contribution in [0, 0.1) is 0 Å². The number of sulfonamides is 1. The Morgan fingerprint density at radius 1 is 1.09 bits per heavy atom. The Labute approximate surface area is 131 Å². The topological polar surface area (TPSA) is 78.8 Å². The molecule has 22 heavy (non-hydrogen) atoms. The van der Waals surface area contributed by atoms with E-state index in [1.165, 1.54) is 25.5 Å². The van der Waals surface area contributed by atoms with Gasteiger partial charge in [0.1, 0.15) is 5.84 Å². The molecule has 1 heterocycles. The Morgan fingerprint density at radius 2 is 1.68 bits per heavy atom. The van der Waals surface area contributed by atoms with Crippen molar-refractivity contribution < 1.29 is 13.2 Å². The summed E-state index contributed by atoms with van der Waals surface area (Å²) in [6.07, 6.45) is 3.32. The minimum Gasteiger partial charge on any atom is -0.360 e. The van der Waals surface area contributed by atoms with E-state index in [0.29, 0.717) is 11.5 Å². The van der Waals surface area contributed by atoms with E-state index >= 15 is 0 Å². The normalized spacial score (nSPS) is 16.5. The van der Waals surface area contributed by atoms with E-state index in [1.54, 1.807) is 19.1 Å². The van der Waals surface area contributed by atoms with Gasteiger partial charge in [-0.3, -0.25) is 4.79 Å². The third-order valence-electron chi connectivity index (χ3n) is 3.54. The zero-order chi connectivity index (χ0) is 16.2. The molecule has 1 N–H and O–H groups in total. The van der Waals surface area contributed by atoms with E-state index in [0.717, 1.165) is 25.9 Å². The molecule has 7 heteroatoms. The number of amidine groups is 1. The molecule has 0 saturated carbocycles. The number of carbonyl (C=O) groups is 1. The zero-order valence-corrected chi connectivity index (χ0v) is 13.7. The van der Waals surface area contributed by atoms with Gasteiger partial charge in [-0.05, 0) is 50.5 Å². The van der Waals surface area contributed by atoms with Crippen molar-refractivity contribution in [2.45, 2.75) is 38.0 Å². The largest absolute Gasteiger partial charge is 0.360 e. The number of hydrogen-bond acceptors (Lipinski definition) is 3. The van der Waals surface area contributed by atoms with Gasteiger partial charge in [0.15, 0.2) is 0 Å². The number of piperidine rings is 1. The number of rotatable bonds is 3. The molecular weight excluding hydrogens is 302 g/mol. The predicted octanol–water partition coefficient (Wildman–Crippen LogP) is 2.24. The van der Waals surface area contributed by atoms with E-state index in [1.807, 2.05) is 4.90 Å². The lowest BCUT2D eigenvalue weighted by molar-refractivity contribution is -0.114. The van der Waals surface area contributed by atoms with Gasteiger partial charge in [0, 0.05) is 25.7 Å². The second-order valence-electron chi connectivity index (χ2n) is 5.37. The van der Waals surface area contributed by atoms with Crippen LogP contribution in [-0.2, 0) is 14.8 Å². The number of carbonyl (C=O) groups excluding carboxylic acids is 1. The Morgan fingerprint density at radius 3 is 2.23 bits per heavy atom. The molecule has 0 aliphatic carbocycles. The van der Waals surface area contributed by atoms with Gasteiger partial charge in [0.25, 0.3) is 10.0 Å². The molecule has 0 radical (unpaired) electrons. The summed E-state index contributed by atoms with van der Waals surface area (Å²) in [6, 6.07) is 6.02. The number of anilines is 1. The Bertz CT molecular complexity index is 660. The second-order valence-corrected chi connectivity index (χ2v) is 6.97. The summed E-state index contributed by atoms with van der Waals surface area (Å²) < 4.78 is 28.6. The first-order chi connectivity index (χ1) is 10.4. The van der Waals surface area contributed by atoms with Crippen LogP contribution in [0.3, 0.4) is 0 Å². The van der Waals surface area contributed by atoms with Crippen LogP contribution < -0.4 is 5.32 Å². The average Bonchev–Trinajstić information content (AvgIpc) is 2.47. The standard InChI is InChI=1S/C15H21N3O3S/c1-12(18-10-4-3-5-11-18)17-22(20,21)15-8-6-14(7-9-15)16-13(2)19/h6-9H,3-5,10-11H2,1-2H3,(H,16,19). The molecular formula is C15H21N3O3S. The molecule has 1 aliphatic heterocycles. The zero-order valence-electron chi connectivity index (χ0n) is 12.9. The Kier molecular flexibility index (Phi) is 5.18. The molecule has 1 aliphatic rings. The van der Waals surface area contributed by atoms with Gasteiger partial charge in [-0.2, -0.15) is 8.42 Å². The molecule has 1 saturated heterocycles. The molecule has 0 unspecified atom stereocenters. The molecule has 0 spiro atoms. The van der Waals surface area contributed by atoms with Gasteiger partial charge in [0.2, 0.25) is 5.91 Å². The van der Waals surface area contributed by atoms with Crippen molar-refractivity contribution in [3.05, 3.63) is 24.3 Å². The molecule has 0 aromatic heterocycles. The van der Waals surface area contributed by atoms with Crippen molar-refractivity contribution >= 4 is 27.5 Å². The Hall–Kier alpha value is -1.89. The van der Waals surface area contributed by atoms with Gasteiger partial charge in [-0.1, -0.05) is 0 Å². The molecule has 120 valence electrons. The summed E-state index contributed by atoms with van der Waals surface area (Å²) in [5.74, 6) is 0.334. The van der Waals surface area contributed by atoms with E-state index in [4.69, 9.17) is 0 Å². The maximum absolute atomic E-state index is 12.3. The second kappa shape index (κ2) is 6.91. The van der Waals surface area contributed by atoms with Crippen LogP contribution in [-0.4, -0.2) is 38.2 Å². The van der Waals surface area contributed by atoms with Crippen molar-refractivity contribution in [3.63, 3.8) is 0 Å². The lowest BCUT2D eigenvalue weighted by Gasteiger charge is -2.27. The quantitative estimate of drug-likeness (QED) is 0.683. The van der Waals surface area contributed by atoms with E-state index in [2.05, 4.69) is 9.71 Å². The van der Waals surface area contributed by atoms with Gasteiger partial charge in [-0.25, -0.2) is 0 Å². The molecule has 0 atom stereocenters. The highest BCUT2D eigenvalue weighted by Gasteiger charge is 2.17. The number of amides is 1. The number of likely N-dealkylation sites (tertiary alicyclic amines) is 1. The lowest BCUT2D eigenvalue weighted by atomic mass is 10.1. The Balaban J connectivity index is 2.16. The molecule has 6 nitrogen and oxygen atoms in total. The van der Waals surface area contributed by atoms with Crippen LogP contribution in [0.15, 0.2) is 33.6 Å². The first-order valence-corrected chi connectivity index (χ1v) is 8.77. The molecule has 1 fully saturated rings. The summed E-state index contributed by atoms with van der Waals surface area (Å²) in [5, 5.41) is 2.60. The smallest absolute Gasteiger partial charge is 0.283 e. The highest BCUT2D eigenvalue weighted by atomic mass is 32.2. The molecule has 1 aromatic rings. The van der Waals surface area contributed by atoms with Crippen LogP contribution in [0.25, 0.3) is 0 Å². The summed E-state index contributed by atoms with van der Waals surface area (Å²) in [6.45, 7) is 4.84. The van der Waals surface area contributed by atoms with E-state index in [-0.39, 0.29) is 10.8 Å². The minimum absolute atomic E-state index is 0.123. The van der Waals surface area contributed by atoms with Crippen molar-refractivity contribution in [2.75, 3.05) is 18.4 Å². The summed E-state index contributed by atoms with van der Waals surface area (Å²) in [5.41, 5.74) is 0.559. The van der Waals surface area contributed by atoms with Gasteiger partial charge >= 0.3 is 0 Å².